The van der Waals surface area contributed by atoms with E-state index >= 15 is 0 Å². The van der Waals surface area contributed by atoms with Gasteiger partial charge >= 0.3 is 19.8 Å². The van der Waals surface area contributed by atoms with Gasteiger partial charge in [0.1, 0.15) is 19.8 Å². The van der Waals surface area contributed by atoms with E-state index in [1.807, 2.05) is 21.1 Å². The Morgan fingerprint density at radius 1 is 0.405 bits per heavy atom. The van der Waals surface area contributed by atoms with Crippen LogP contribution in [0.3, 0.4) is 0 Å². The zero-order valence-electron chi connectivity index (χ0n) is 51.6. The SMILES string of the molecule is CC/C=C\C/C=C\C/C=C\C/C=C\C/C=C\C/C=C\C/C=C\C/C=C\C/C=C\CCCCCCCCCC(=O)OC(COC(=O)CCCCCCCCCCCCCCCCCCCCCC)COP(=O)(O)OCC[N+](C)(C)C. The molecule has 0 aliphatic rings. The number of rotatable bonds is 58. The molecule has 2 unspecified atom stereocenters. The third-order valence-electron chi connectivity index (χ3n) is 13.6. The van der Waals surface area contributed by atoms with Gasteiger partial charge in [0.25, 0.3) is 0 Å². The van der Waals surface area contributed by atoms with Crippen molar-refractivity contribution in [2.45, 2.75) is 270 Å². The van der Waals surface area contributed by atoms with E-state index in [4.69, 9.17) is 18.5 Å². The molecular formula is C69H121NO8P+. The molecule has 0 aliphatic heterocycles. The number of carbonyl (C=O) groups excluding carboxylic acids is 2. The maximum Gasteiger partial charge on any atom is 0.472 e. The number of ether oxygens (including phenoxy) is 2. The lowest BCUT2D eigenvalue weighted by molar-refractivity contribution is -0.870. The summed E-state index contributed by atoms with van der Waals surface area (Å²) in [6.07, 6.45) is 83.1. The Morgan fingerprint density at radius 2 is 0.722 bits per heavy atom. The lowest BCUT2D eigenvalue weighted by Gasteiger charge is -2.24. The monoisotopic (exact) mass is 1120 g/mol. The first-order chi connectivity index (χ1) is 38.5. The van der Waals surface area contributed by atoms with E-state index in [2.05, 4.69) is 123 Å². The van der Waals surface area contributed by atoms with Gasteiger partial charge in [-0.15, -0.1) is 0 Å². The van der Waals surface area contributed by atoms with Gasteiger partial charge in [-0.2, -0.15) is 0 Å². The van der Waals surface area contributed by atoms with Crippen molar-refractivity contribution in [1.82, 2.24) is 0 Å². The lowest BCUT2D eigenvalue weighted by atomic mass is 10.0. The topological polar surface area (TPSA) is 108 Å². The number of likely N-dealkylation sites (N-methyl/N-ethyl adjacent to an activating group) is 1. The standard InChI is InChI=1S/C69H120NO8P/c1-6-8-10-12-14-16-18-20-22-24-26-28-29-30-31-32-33-34-35-36-37-38-39-40-41-42-44-46-48-50-52-54-56-58-60-62-69(72)78-67(66-77-79(73,74)76-64-63-70(3,4)5)65-75-68(71)61-59-57-55-53-51-49-47-45-43-27-25-23-21-19-17-15-13-11-9-7-2/h8,10,14,16,20,22,26,28,30-31,33-34,36-37,39-40,42,44,67H,6-7,9,11-13,15,17-19,21,23-25,27,29,32,35,38,41,43,45-66H2,1-5H3/p+1/b10-8-,16-14-,22-20-,28-26-,31-30-,34-33-,37-36-,40-39-,44-42-. The van der Waals surface area contributed by atoms with Crippen LogP contribution < -0.4 is 0 Å². The second-order valence-electron chi connectivity index (χ2n) is 22.4. The summed E-state index contributed by atoms with van der Waals surface area (Å²) in [6.45, 7) is 4.33. The molecule has 0 radical (unpaired) electrons. The Kier molecular flexibility index (Phi) is 56.8. The zero-order valence-corrected chi connectivity index (χ0v) is 52.5. The fourth-order valence-corrected chi connectivity index (χ4v) is 9.40. The third kappa shape index (κ3) is 63.7. The quantitative estimate of drug-likeness (QED) is 0.0211. The van der Waals surface area contributed by atoms with E-state index in [-0.39, 0.29) is 32.0 Å². The van der Waals surface area contributed by atoms with Gasteiger partial charge in [-0.05, 0) is 83.5 Å². The van der Waals surface area contributed by atoms with Crippen LogP contribution in [0.25, 0.3) is 0 Å². The highest BCUT2D eigenvalue weighted by Crippen LogP contribution is 2.43. The Hall–Kier alpha value is -3.33. The highest BCUT2D eigenvalue weighted by Gasteiger charge is 2.27. The van der Waals surface area contributed by atoms with Gasteiger partial charge < -0.3 is 18.9 Å². The highest BCUT2D eigenvalue weighted by atomic mass is 31.2. The van der Waals surface area contributed by atoms with Crippen molar-refractivity contribution in [3.8, 4) is 0 Å². The number of quaternary nitrogens is 1. The summed E-state index contributed by atoms with van der Waals surface area (Å²) in [5.41, 5.74) is 0. The number of unbranched alkanes of at least 4 members (excludes halogenated alkanes) is 26. The molecule has 0 saturated heterocycles. The van der Waals surface area contributed by atoms with Crippen molar-refractivity contribution < 1.29 is 42.1 Å². The van der Waals surface area contributed by atoms with E-state index in [0.717, 1.165) is 103 Å². The van der Waals surface area contributed by atoms with Gasteiger partial charge in [0.2, 0.25) is 0 Å². The van der Waals surface area contributed by atoms with Crippen molar-refractivity contribution in [3.63, 3.8) is 0 Å². The molecular weight excluding hydrogens is 1000 g/mol. The summed E-state index contributed by atoms with van der Waals surface area (Å²) in [7, 11) is 1.46. The minimum absolute atomic E-state index is 0.0256. The van der Waals surface area contributed by atoms with Crippen LogP contribution in [0.2, 0.25) is 0 Å². The van der Waals surface area contributed by atoms with E-state index in [9.17, 15) is 19.0 Å². The molecule has 454 valence electrons. The highest BCUT2D eigenvalue weighted by molar-refractivity contribution is 7.47. The lowest BCUT2D eigenvalue weighted by Crippen LogP contribution is -2.37. The Morgan fingerprint density at radius 3 is 1.08 bits per heavy atom. The van der Waals surface area contributed by atoms with Gasteiger partial charge in [0, 0.05) is 12.8 Å². The summed E-state index contributed by atoms with van der Waals surface area (Å²) >= 11 is 0. The maximum atomic E-state index is 12.8. The molecule has 0 bridgehead atoms. The first kappa shape index (κ1) is 75.7. The molecule has 0 spiro atoms. The molecule has 0 aliphatic carbocycles. The van der Waals surface area contributed by atoms with E-state index < -0.39 is 26.5 Å². The Bertz CT molecular complexity index is 1700. The van der Waals surface area contributed by atoms with Crippen LogP contribution in [-0.4, -0.2) is 74.9 Å². The van der Waals surface area contributed by atoms with Gasteiger partial charge in [0.05, 0.1) is 27.7 Å². The van der Waals surface area contributed by atoms with Crippen molar-refractivity contribution in [2.75, 3.05) is 47.5 Å². The number of hydrogen-bond donors (Lipinski definition) is 1. The van der Waals surface area contributed by atoms with E-state index in [1.54, 1.807) is 0 Å². The smallest absolute Gasteiger partial charge is 0.462 e. The van der Waals surface area contributed by atoms with Crippen LogP contribution in [0.1, 0.15) is 264 Å². The van der Waals surface area contributed by atoms with Crippen LogP contribution in [0.4, 0.5) is 0 Å². The Balaban J connectivity index is 4.16. The van der Waals surface area contributed by atoms with Crippen LogP contribution in [0.15, 0.2) is 109 Å². The molecule has 9 nitrogen and oxygen atoms in total. The minimum atomic E-state index is -4.40. The predicted molar refractivity (Wildman–Crippen MR) is 339 cm³/mol. The normalized spacial score (nSPS) is 13.9. The zero-order chi connectivity index (χ0) is 57.7. The molecule has 79 heavy (non-hydrogen) atoms. The number of carbonyl (C=O) groups is 2. The van der Waals surface area contributed by atoms with Crippen molar-refractivity contribution in [2.24, 2.45) is 0 Å². The van der Waals surface area contributed by atoms with Gasteiger partial charge in [0.15, 0.2) is 6.10 Å². The van der Waals surface area contributed by atoms with Crippen molar-refractivity contribution in [1.29, 1.82) is 0 Å². The van der Waals surface area contributed by atoms with Gasteiger partial charge in [-0.25, -0.2) is 4.57 Å². The number of esters is 2. The van der Waals surface area contributed by atoms with Crippen molar-refractivity contribution in [3.05, 3.63) is 109 Å². The molecule has 0 aromatic carbocycles. The number of hydrogen-bond acceptors (Lipinski definition) is 7. The summed E-state index contributed by atoms with van der Waals surface area (Å²) < 4.78 is 34.6. The summed E-state index contributed by atoms with van der Waals surface area (Å²) in [6, 6.07) is 0. The number of phosphoric acid groups is 1. The summed E-state index contributed by atoms with van der Waals surface area (Å²) in [5, 5.41) is 0. The molecule has 0 heterocycles. The average Bonchev–Trinajstić information content (AvgIpc) is 3.41. The largest absolute Gasteiger partial charge is 0.472 e. The molecule has 1 N–H and O–H groups in total. The van der Waals surface area contributed by atoms with Crippen molar-refractivity contribution >= 4 is 19.8 Å². The third-order valence-corrected chi connectivity index (χ3v) is 14.6. The molecule has 10 heteroatoms. The number of allylic oxidation sites excluding steroid dienone is 18. The van der Waals surface area contributed by atoms with E-state index in [0.29, 0.717) is 17.4 Å². The predicted octanol–water partition coefficient (Wildman–Crippen LogP) is 20.5. The summed E-state index contributed by atoms with van der Waals surface area (Å²) in [5.74, 6) is -0.807. The average molecular weight is 1120 g/mol. The second-order valence-corrected chi connectivity index (χ2v) is 23.9. The maximum absolute atomic E-state index is 12.8. The van der Waals surface area contributed by atoms with Gasteiger partial charge in [-0.3, -0.25) is 18.6 Å². The first-order valence-electron chi connectivity index (χ1n) is 32.1. The van der Waals surface area contributed by atoms with Crippen LogP contribution in [0.5, 0.6) is 0 Å². The fourth-order valence-electron chi connectivity index (χ4n) is 8.66. The Labute approximate surface area is 486 Å². The van der Waals surface area contributed by atoms with Crippen LogP contribution in [-0.2, 0) is 32.7 Å². The van der Waals surface area contributed by atoms with E-state index in [1.165, 1.54) is 128 Å². The molecule has 0 rings (SSSR count). The minimum Gasteiger partial charge on any atom is -0.462 e. The molecule has 0 aromatic heterocycles. The summed E-state index contributed by atoms with van der Waals surface area (Å²) in [4.78, 5) is 35.8. The van der Waals surface area contributed by atoms with Crippen LogP contribution in [0, 0.1) is 0 Å². The first-order valence-corrected chi connectivity index (χ1v) is 33.6. The molecule has 0 fully saturated rings. The van der Waals surface area contributed by atoms with Gasteiger partial charge in [-0.1, -0.05) is 277 Å². The number of nitrogens with zero attached hydrogens (tertiary/aromatic N) is 1. The second kappa shape index (κ2) is 59.3. The fraction of sp³-hybridized carbons (Fsp3) is 0.710. The molecule has 2 atom stereocenters. The molecule has 0 amide bonds. The number of phosphoric ester groups is 1. The molecule has 0 aromatic rings. The van der Waals surface area contributed by atoms with Crippen LogP contribution >= 0.6 is 7.82 Å². The molecule has 0 saturated carbocycles.